The van der Waals surface area contributed by atoms with Crippen LogP contribution in [-0.4, -0.2) is 15.2 Å². The van der Waals surface area contributed by atoms with Gasteiger partial charge in [-0.05, 0) is 23.8 Å². The molecule has 7 heteroatoms. The monoisotopic (exact) mass is 304 g/mol. The number of halogens is 2. The minimum Gasteiger partial charge on any atom is -0.267 e. The molecule has 2 N–H and O–H groups in total. The van der Waals surface area contributed by atoms with Crippen molar-refractivity contribution in [3.63, 3.8) is 0 Å². The van der Waals surface area contributed by atoms with Crippen LogP contribution in [0, 0.1) is 0 Å². The smallest absolute Gasteiger partial charge is 0.267 e. The lowest BCUT2D eigenvalue weighted by Gasteiger charge is -2.03. The molecule has 1 fully saturated rings. The number of amides is 1. The molecular weight excluding hydrogens is 299 g/mol. The van der Waals surface area contributed by atoms with E-state index in [2.05, 4.69) is 0 Å². The maximum Gasteiger partial charge on any atom is 0.280 e. The number of carbonyl (C=O) groups is 1. The van der Waals surface area contributed by atoms with Gasteiger partial charge in [0.15, 0.2) is 4.32 Å². The van der Waals surface area contributed by atoms with Crippen LogP contribution in [0.2, 0.25) is 10.0 Å². The molecule has 1 aliphatic rings. The number of hydrazine groups is 1. The van der Waals surface area contributed by atoms with E-state index in [-0.39, 0.29) is 5.91 Å². The zero-order chi connectivity index (χ0) is 12.6. The Hall–Kier alpha value is -0.590. The van der Waals surface area contributed by atoms with E-state index >= 15 is 0 Å². The summed E-state index contributed by atoms with van der Waals surface area (Å²) in [5.74, 6) is 5.13. The SMILES string of the molecule is NN1C(=O)C(=Cc2ccc(Cl)cc2Cl)SC1=S. The lowest BCUT2D eigenvalue weighted by atomic mass is 10.2. The first kappa shape index (κ1) is 12.9. The van der Waals surface area contributed by atoms with Crippen LogP contribution in [0.4, 0.5) is 0 Å². The molecule has 88 valence electrons. The number of thiocarbonyl (C=S) groups is 1. The second-order valence-electron chi connectivity index (χ2n) is 3.22. The summed E-state index contributed by atoms with van der Waals surface area (Å²) in [5.41, 5.74) is 0.699. The molecule has 0 unspecified atom stereocenters. The van der Waals surface area contributed by atoms with E-state index in [0.717, 1.165) is 16.8 Å². The molecular formula is C10H6Cl2N2OS2. The highest BCUT2D eigenvalue weighted by atomic mass is 35.5. The van der Waals surface area contributed by atoms with E-state index in [0.29, 0.717) is 24.8 Å². The summed E-state index contributed by atoms with van der Waals surface area (Å²) in [4.78, 5) is 12.1. The van der Waals surface area contributed by atoms with Gasteiger partial charge in [0.2, 0.25) is 0 Å². The average Bonchev–Trinajstić information content (AvgIpc) is 2.50. The van der Waals surface area contributed by atoms with E-state index in [1.165, 1.54) is 0 Å². The Labute approximate surface area is 118 Å². The highest BCUT2D eigenvalue weighted by Crippen LogP contribution is 2.32. The molecule has 1 aromatic rings. The highest BCUT2D eigenvalue weighted by molar-refractivity contribution is 8.26. The number of rotatable bonds is 1. The molecule has 0 aromatic heterocycles. The summed E-state index contributed by atoms with van der Waals surface area (Å²) in [6.07, 6.45) is 1.64. The van der Waals surface area contributed by atoms with E-state index in [1.54, 1.807) is 24.3 Å². The van der Waals surface area contributed by atoms with Crippen LogP contribution in [0.15, 0.2) is 23.1 Å². The molecule has 0 saturated carbocycles. The Morgan fingerprint density at radius 2 is 2.12 bits per heavy atom. The number of benzene rings is 1. The summed E-state index contributed by atoms with van der Waals surface area (Å²) in [7, 11) is 0. The molecule has 1 aromatic carbocycles. The van der Waals surface area contributed by atoms with Gasteiger partial charge in [-0.1, -0.05) is 53.2 Å². The standard InChI is InChI=1S/C10H6Cl2N2OS2/c11-6-2-1-5(7(12)4-6)3-8-9(15)14(13)10(16)17-8/h1-4H,13H2. The van der Waals surface area contributed by atoms with Crippen molar-refractivity contribution in [2.45, 2.75) is 0 Å². The van der Waals surface area contributed by atoms with E-state index in [1.807, 2.05) is 0 Å². The molecule has 0 spiro atoms. The third kappa shape index (κ3) is 2.64. The van der Waals surface area contributed by atoms with Crippen LogP contribution in [0.3, 0.4) is 0 Å². The number of nitrogens with zero attached hydrogens (tertiary/aromatic N) is 1. The average molecular weight is 305 g/mol. The second kappa shape index (κ2) is 4.96. The van der Waals surface area contributed by atoms with Gasteiger partial charge < -0.3 is 0 Å². The lowest BCUT2D eigenvalue weighted by Crippen LogP contribution is -2.34. The fraction of sp³-hybridized carbons (Fsp3) is 0. The predicted molar refractivity (Wildman–Crippen MR) is 75.7 cm³/mol. The van der Waals surface area contributed by atoms with Gasteiger partial charge in [0.25, 0.3) is 5.91 Å². The first-order valence-electron chi connectivity index (χ1n) is 4.47. The van der Waals surface area contributed by atoms with Gasteiger partial charge >= 0.3 is 0 Å². The third-order valence-electron chi connectivity index (χ3n) is 2.07. The summed E-state index contributed by atoms with van der Waals surface area (Å²) in [6, 6.07) is 5.04. The third-order valence-corrected chi connectivity index (χ3v) is 3.97. The molecule has 3 nitrogen and oxygen atoms in total. The maximum absolute atomic E-state index is 11.7. The molecule has 0 atom stereocenters. The minimum absolute atomic E-state index is 0.325. The number of thioether (sulfide) groups is 1. The molecule has 1 saturated heterocycles. The van der Waals surface area contributed by atoms with Crippen molar-refractivity contribution in [2.24, 2.45) is 5.84 Å². The summed E-state index contributed by atoms with van der Waals surface area (Å²) in [6.45, 7) is 0. The molecule has 0 radical (unpaired) electrons. The van der Waals surface area contributed by atoms with Crippen LogP contribution in [0.25, 0.3) is 6.08 Å². The van der Waals surface area contributed by atoms with Crippen LogP contribution in [0.5, 0.6) is 0 Å². The highest BCUT2D eigenvalue weighted by Gasteiger charge is 2.29. The zero-order valence-electron chi connectivity index (χ0n) is 8.31. The van der Waals surface area contributed by atoms with Crippen LogP contribution in [0.1, 0.15) is 5.56 Å². The Bertz CT molecular complexity index is 545. The number of carbonyl (C=O) groups excluding carboxylic acids is 1. The van der Waals surface area contributed by atoms with Crippen molar-refractivity contribution in [3.05, 3.63) is 38.7 Å². The molecule has 0 aliphatic carbocycles. The topological polar surface area (TPSA) is 46.3 Å². The summed E-state index contributed by atoms with van der Waals surface area (Å²) >= 11 is 17.8. The van der Waals surface area contributed by atoms with Crippen molar-refractivity contribution < 1.29 is 4.79 Å². The Kier molecular flexibility index (Phi) is 3.75. The summed E-state index contributed by atoms with van der Waals surface area (Å²) < 4.78 is 0.325. The van der Waals surface area contributed by atoms with Crippen molar-refractivity contribution in [2.75, 3.05) is 0 Å². The Balaban J connectivity index is 2.37. The van der Waals surface area contributed by atoms with Gasteiger partial charge in [-0.15, -0.1) is 0 Å². The van der Waals surface area contributed by atoms with Crippen LogP contribution < -0.4 is 5.84 Å². The van der Waals surface area contributed by atoms with Crippen molar-refractivity contribution in [3.8, 4) is 0 Å². The van der Waals surface area contributed by atoms with Gasteiger partial charge in [0, 0.05) is 10.0 Å². The van der Waals surface area contributed by atoms with E-state index in [9.17, 15) is 4.79 Å². The Morgan fingerprint density at radius 1 is 1.41 bits per heavy atom. The fourth-order valence-corrected chi connectivity index (χ4v) is 2.80. The molecule has 0 bridgehead atoms. The summed E-state index contributed by atoms with van der Waals surface area (Å²) in [5, 5.41) is 1.95. The lowest BCUT2D eigenvalue weighted by molar-refractivity contribution is -0.122. The van der Waals surface area contributed by atoms with Gasteiger partial charge in [0.1, 0.15) is 0 Å². The Morgan fingerprint density at radius 3 is 2.65 bits per heavy atom. The zero-order valence-corrected chi connectivity index (χ0v) is 11.5. The molecule has 2 rings (SSSR count). The quantitative estimate of drug-likeness (QED) is 0.375. The van der Waals surface area contributed by atoms with Crippen LogP contribution in [-0.2, 0) is 4.79 Å². The van der Waals surface area contributed by atoms with Crippen molar-refractivity contribution in [1.82, 2.24) is 5.01 Å². The van der Waals surface area contributed by atoms with Gasteiger partial charge in [0.05, 0.1) is 4.91 Å². The first-order chi connectivity index (χ1) is 7.99. The molecule has 17 heavy (non-hydrogen) atoms. The van der Waals surface area contributed by atoms with Crippen molar-refractivity contribution in [1.29, 1.82) is 0 Å². The molecule has 1 amide bonds. The number of hydrogen-bond acceptors (Lipinski definition) is 4. The van der Waals surface area contributed by atoms with Crippen molar-refractivity contribution >= 4 is 63.5 Å². The van der Waals surface area contributed by atoms with Gasteiger partial charge in [-0.2, -0.15) is 0 Å². The number of nitrogens with two attached hydrogens (primary N) is 1. The van der Waals surface area contributed by atoms with Gasteiger partial charge in [-0.3, -0.25) is 4.79 Å². The second-order valence-corrected chi connectivity index (χ2v) is 5.74. The number of hydrogen-bond donors (Lipinski definition) is 1. The predicted octanol–water partition coefficient (Wildman–Crippen LogP) is 3.07. The first-order valence-corrected chi connectivity index (χ1v) is 6.45. The minimum atomic E-state index is -0.328. The molecule has 1 aliphatic heterocycles. The van der Waals surface area contributed by atoms with E-state index < -0.39 is 0 Å². The fourth-order valence-electron chi connectivity index (χ4n) is 1.24. The van der Waals surface area contributed by atoms with Crippen LogP contribution >= 0.6 is 47.2 Å². The molecule has 1 heterocycles. The maximum atomic E-state index is 11.7. The largest absolute Gasteiger partial charge is 0.280 e. The van der Waals surface area contributed by atoms with Gasteiger partial charge in [-0.25, -0.2) is 10.9 Å². The normalized spacial score (nSPS) is 18.3. The van der Waals surface area contributed by atoms with E-state index in [4.69, 9.17) is 41.3 Å².